The molecule has 0 spiro atoms. The van der Waals surface area contributed by atoms with E-state index in [1.807, 2.05) is 0 Å². The molecular formula is C12H10F3NO4. The van der Waals surface area contributed by atoms with Crippen molar-refractivity contribution in [1.82, 2.24) is 0 Å². The highest BCUT2D eigenvalue weighted by molar-refractivity contribution is 5.92. The lowest BCUT2D eigenvalue weighted by Gasteiger charge is -2.13. The van der Waals surface area contributed by atoms with Crippen molar-refractivity contribution in [2.24, 2.45) is 0 Å². The van der Waals surface area contributed by atoms with Gasteiger partial charge in [0.1, 0.15) is 11.8 Å². The van der Waals surface area contributed by atoms with E-state index in [0.29, 0.717) is 0 Å². The Morgan fingerprint density at radius 3 is 2.55 bits per heavy atom. The number of hydrogen-bond acceptors (Lipinski definition) is 5. The Hall–Kier alpha value is -2.27. The summed E-state index contributed by atoms with van der Waals surface area (Å²) in [5.41, 5.74) is -0.787. The van der Waals surface area contributed by atoms with Crippen molar-refractivity contribution < 1.29 is 32.5 Å². The zero-order valence-corrected chi connectivity index (χ0v) is 10.3. The Morgan fingerprint density at radius 1 is 1.45 bits per heavy atom. The number of hydrogen-bond donors (Lipinski definition) is 1. The molecule has 108 valence electrons. The number of ether oxygens (including phenoxy) is 2. The number of halogens is 3. The first-order valence-corrected chi connectivity index (χ1v) is 5.43. The minimum absolute atomic E-state index is 0.0480. The quantitative estimate of drug-likeness (QED) is 0.859. The van der Waals surface area contributed by atoms with Gasteiger partial charge in [0, 0.05) is 0 Å². The molecule has 0 heterocycles. The minimum Gasteiger partial charge on any atom is -0.462 e. The number of nitriles is 1. The predicted octanol–water partition coefficient (Wildman–Crippen LogP) is 2.13. The van der Waals surface area contributed by atoms with Crippen LogP contribution < -0.4 is 4.74 Å². The van der Waals surface area contributed by atoms with E-state index in [-0.39, 0.29) is 17.7 Å². The second-order valence-electron chi connectivity index (χ2n) is 3.54. The van der Waals surface area contributed by atoms with Gasteiger partial charge in [0.25, 0.3) is 0 Å². The lowest BCUT2D eigenvalue weighted by Crippen LogP contribution is -2.19. The van der Waals surface area contributed by atoms with Crippen molar-refractivity contribution in [2.45, 2.75) is 19.9 Å². The third kappa shape index (κ3) is 3.86. The molecule has 0 aliphatic rings. The molecule has 0 aliphatic heterocycles. The number of aliphatic hydroxyl groups is 1. The van der Waals surface area contributed by atoms with Crippen LogP contribution in [0.3, 0.4) is 0 Å². The van der Waals surface area contributed by atoms with Gasteiger partial charge in [-0.3, -0.25) is 0 Å². The fourth-order valence-electron chi connectivity index (χ4n) is 1.45. The number of aliphatic hydroxyl groups excluding tert-OH is 1. The Balaban J connectivity index is 3.31. The Labute approximate surface area is 112 Å². The van der Waals surface area contributed by atoms with E-state index in [0.717, 1.165) is 12.1 Å². The van der Waals surface area contributed by atoms with E-state index in [1.54, 1.807) is 6.92 Å². The highest BCUT2D eigenvalue weighted by Gasteiger charge is 2.33. The van der Waals surface area contributed by atoms with Crippen LogP contribution in [0.25, 0.3) is 0 Å². The molecule has 1 aromatic carbocycles. The molecular weight excluding hydrogens is 279 g/mol. The number of carbonyl (C=O) groups is 1. The fourth-order valence-corrected chi connectivity index (χ4v) is 1.45. The van der Waals surface area contributed by atoms with Crippen LogP contribution in [0.5, 0.6) is 5.75 Å². The van der Waals surface area contributed by atoms with Crippen LogP contribution in [0, 0.1) is 11.3 Å². The maximum atomic E-state index is 12.2. The zero-order chi connectivity index (χ0) is 15.3. The Kier molecular flexibility index (Phi) is 4.94. The van der Waals surface area contributed by atoms with Crippen molar-refractivity contribution in [2.75, 3.05) is 6.61 Å². The average Bonchev–Trinajstić information content (AvgIpc) is 2.36. The molecule has 20 heavy (non-hydrogen) atoms. The first kappa shape index (κ1) is 15.8. The van der Waals surface area contributed by atoms with Gasteiger partial charge in [-0.2, -0.15) is 5.26 Å². The van der Waals surface area contributed by atoms with E-state index >= 15 is 0 Å². The van der Waals surface area contributed by atoms with Gasteiger partial charge >= 0.3 is 12.3 Å². The van der Waals surface area contributed by atoms with Gasteiger partial charge in [0.15, 0.2) is 0 Å². The summed E-state index contributed by atoms with van der Waals surface area (Å²) in [4.78, 5) is 11.6. The molecule has 0 unspecified atom stereocenters. The van der Waals surface area contributed by atoms with Crippen LogP contribution >= 0.6 is 0 Å². The second-order valence-corrected chi connectivity index (χ2v) is 3.54. The maximum Gasteiger partial charge on any atom is 0.573 e. The summed E-state index contributed by atoms with van der Waals surface area (Å²) in [6.07, 6.45) is -4.98. The zero-order valence-electron chi connectivity index (χ0n) is 10.3. The summed E-state index contributed by atoms with van der Waals surface area (Å²) in [5.74, 6) is -1.62. The average molecular weight is 289 g/mol. The molecule has 0 amide bonds. The van der Waals surface area contributed by atoms with Gasteiger partial charge in [-0.15, -0.1) is 13.2 Å². The summed E-state index contributed by atoms with van der Waals surface area (Å²) in [5, 5.41) is 17.9. The van der Waals surface area contributed by atoms with Crippen molar-refractivity contribution >= 4 is 5.97 Å². The number of nitrogens with zero attached hydrogens (tertiary/aromatic N) is 1. The molecule has 1 rings (SSSR count). The topological polar surface area (TPSA) is 79.6 Å². The number of benzene rings is 1. The molecule has 0 saturated heterocycles. The van der Waals surface area contributed by atoms with Crippen molar-refractivity contribution in [3.8, 4) is 11.8 Å². The van der Waals surface area contributed by atoms with Crippen molar-refractivity contribution in [3.63, 3.8) is 0 Å². The van der Waals surface area contributed by atoms with Crippen LogP contribution in [-0.4, -0.2) is 24.0 Å². The molecule has 0 aromatic heterocycles. The normalized spacial score (nSPS) is 10.8. The number of carbonyl (C=O) groups excluding carboxylic acids is 1. The molecule has 1 aromatic rings. The molecule has 8 heteroatoms. The first-order valence-electron chi connectivity index (χ1n) is 5.43. The number of esters is 1. The van der Waals surface area contributed by atoms with Gasteiger partial charge < -0.3 is 14.6 Å². The highest BCUT2D eigenvalue weighted by atomic mass is 19.4. The Morgan fingerprint density at radius 2 is 2.10 bits per heavy atom. The monoisotopic (exact) mass is 289 g/mol. The van der Waals surface area contributed by atoms with E-state index < -0.39 is 30.3 Å². The van der Waals surface area contributed by atoms with E-state index in [9.17, 15) is 18.0 Å². The SMILES string of the molecule is CCOC(=O)c1cc(C#N)c(OC(F)(F)F)cc1CO. The molecule has 0 saturated carbocycles. The molecule has 5 nitrogen and oxygen atoms in total. The Bertz CT molecular complexity index is 549. The van der Waals surface area contributed by atoms with E-state index in [2.05, 4.69) is 9.47 Å². The molecule has 0 bridgehead atoms. The lowest BCUT2D eigenvalue weighted by atomic mass is 10.0. The molecule has 0 atom stereocenters. The molecule has 0 fully saturated rings. The van der Waals surface area contributed by atoms with Crippen LogP contribution in [0.4, 0.5) is 13.2 Å². The maximum absolute atomic E-state index is 12.2. The van der Waals surface area contributed by atoms with Crippen molar-refractivity contribution in [3.05, 3.63) is 28.8 Å². The van der Waals surface area contributed by atoms with Crippen LogP contribution in [0.2, 0.25) is 0 Å². The lowest BCUT2D eigenvalue weighted by molar-refractivity contribution is -0.274. The number of alkyl halides is 3. The predicted molar refractivity (Wildman–Crippen MR) is 59.7 cm³/mol. The molecule has 0 aliphatic carbocycles. The van der Waals surface area contributed by atoms with Gasteiger partial charge in [-0.25, -0.2) is 4.79 Å². The molecule has 0 radical (unpaired) electrons. The smallest absolute Gasteiger partial charge is 0.462 e. The third-order valence-electron chi connectivity index (χ3n) is 2.22. The highest BCUT2D eigenvalue weighted by Crippen LogP contribution is 2.29. The summed E-state index contributed by atoms with van der Waals surface area (Å²) in [6.45, 7) is 0.892. The first-order chi connectivity index (χ1) is 9.32. The van der Waals surface area contributed by atoms with E-state index in [4.69, 9.17) is 10.4 Å². The van der Waals surface area contributed by atoms with Gasteiger partial charge in [0.05, 0.1) is 24.3 Å². The van der Waals surface area contributed by atoms with Gasteiger partial charge in [0.2, 0.25) is 0 Å². The van der Waals surface area contributed by atoms with Gasteiger partial charge in [-0.1, -0.05) is 0 Å². The fraction of sp³-hybridized carbons (Fsp3) is 0.333. The second kappa shape index (κ2) is 6.25. The largest absolute Gasteiger partial charge is 0.573 e. The molecule has 1 N–H and O–H groups in total. The van der Waals surface area contributed by atoms with Gasteiger partial charge in [-0.05, 0) is 24.6 Å². The summed E-state index contributed by atoms with van der Waals surface area (Å²) in [6, 6.07) is 3.18. The van der Waals surface area contributed by atoms with Crippen LogP contribution in [0.1, 0.15) is 28.4 Å². The number of rotatable bonds is 4. The van der Waals surface area contributed by atoms with Crippen LogP contribution in [0.15, 0.2) is 12.1 Å². The standard InChI is InChI=1S/C12H10F3NO4/c1-2-19-11(18)9-3-7(5-16)10(4-8(9)6-17)20-12(13,14)15/h3-4,17H,2,6H2,1H3. The summed E-state index contributed by atoms with van der Waals surface area (Å²) in [7, 11) is 0. The summed E-state index contributed by atoms with van der Waals surface area (Å²) < 4.78 is 44.9. The summed E-state index contributed by atoms with van der Waals surface area (Å²) >= 11 is 0. The van der Waals surface area contributed by atoms with Crippen molar-refractivity contribution in [1.29, 1.82) is 5.26 Å². The van der Waals surface area contributed by atoms with E-state index in [1.165, 1.54) is 6.07 Å². The van der Waals surface area contributed by atoms with Crippen LogP contribution in [-0.2, 0) is 11.3 Å². The minimum atomic E-state index is -4.98. The third-order valence-corrected chi connectivity index (χ3v) is 2.22.